The molecule has 0 amide bonds. The van der Waals surface area contributed by atoms with E-state index in [0.29, 0.717) is 0 Å². The van der Waals surface area contributed by atoms with Crippen molar-refractivity contribution >= 4 is 22.7 Å². The van der Waals surface area contributed by atoms with Crippen molar-refractivity contribution in [1.29, 1.82) is 0 Å². The third-order valence-electron chi connectivity index (χ3n) is 0.874. The monoisotopic (exact) mass is 172 g/mol. The second-order valence-corrected chi connectivity index (χ2v) is 4.24. The molecule has 0 aliphatic carbocycles. The van der Waals surface area contributed by atoms with Crippen molar-refractivity contribution in [2.75, 3.05) is 0 Å². The van der Waals surface area contributed by atoms with E-state index in [9.17, 15) is 8.42 Å². The molecule has 0 saturated heterocycles. The van der Waals surface area contributed by atoms with Crippen LogP contribution in [0.5, 0.6) is 0 Å². The van der Waals surface area contributed by atoms with E-state index in [2.05, 4.69) is 12.6 Å². The first-order valence-electron chi connectivity index (χ1n) is 2.23. The Kier molecular flexibility index (Phi) is 2.51. The van der Waals surface area contributed by atoms with Crippen molar-refractivity contribution in [2.45, 2.75) is 17.6 Å². The first-order chi connectivity index (χ1) is 3.81. The van der Waals surface area contributed by atoms with Gasteiger partial charge in [0.15, 0.2) is 0 Å². The molecule has 4 nitrogen and oxygen atoms in total. The Labute approximate surface area is 59.0 Å². The molecule has 0 heterocycles. The Hall–Kier alpha value is 0.220. The average Bonchev–Trinajstić information content (AvgIpc) is 1.64. The molecule has 0 bridgehead atoms. The van der Waals surface area contributed by atoms with Gasteiger partial charge in [0.1, 0.15) is 0 Å². The van der Waals surface area contributed by atoms with Crippen molar-refractivity contribution in [1.82, 2.24) is 0 Å². The molecule has 0 saturated carbocycles. The minimum atomic E-state index is -4.43. The van der Waals surface area contributed by atoms with Crippen LogP contribution in [0.3, 0.4) is 0 Å². The third-order valence-corrected chi connectivity index (χ3v) is 3.00. The average molecular weight is 172 g/mol. The zero-order valence-electron chi connectivity index (χ0n) is 4.77. The summed E-state index contributed by atoms with van der Waals surface area (Å²) in [5.74, 6) is 0. The van der Waals surface area contributed by atoms with Crippen LogP contribution in [0, 0.1) is 0 Å². The molecule has 6 heteroatoms. The Morgan fingerprint density at radius 3 is 2.00 bits per heavy atom. The molecule has 2 N–H and O–H groups in total. The van der Waals surface area contributed by atoms with E-state index in [-0.39, 0.29) is 6.42 Å². The zero-order chi connectivity index (χ0) is 7.71. The molecular weight excluding hydrogens is 164 g/mol. The van der Waals surface area contributed by atoms with Gasteiger partial charge in [-0.15, -0.1) is 12.6 Å². The van der Waals surface area contributed by atoms with Gasteiger partial charge in [0.25, 0.3) is 0 Å². The van der Waals surface area contributed by atoms with Gasteiger partial charge in [-0.3, -0.25) is 4.55 Å². The molecule has 0 aromatic heterocycles. The Morgan fingerprint density at radius 1 is 1.67 bits per heavy atom. The molecular formula is C3H8O4S2. The van der Waals surface area contributed by atoms with Gasteiger partial charge in [-0.05, 0) is 6.42 Å². The van der Waals surface area contributed by atoms with Crippen molar-refractivity contribution in [3.8, 4) is 0 Å². The molecule has 9 heavy (non-hydrogen) atoms. The summed E-state index contributed by atoms with van der Waals surface area (Å²) in [5.41, 5.74) is 0. The summed E-state index contributed by atoms with van der Waals surface area (Å²) in [6, 6.07) is 0. The SMILES string of the molecule is CCC(O)(S)S(=O)(=O)O. The Morgan fingerprint density at radius 2 is 2.00 bits per heavy atom. The van der Waals surface area contributed by atoms with Gasteiger partial charge in [-0.25, -0.2) is 0 Å². The Bertz CT molecular complexity index is 180. The fourth-order valence-corrected chi connectivity index (χ4v) is 0.547. The van der Waals surface area contributed by atoms with Gasteiger partial charge in [0, 0.05) is 0 Å². The molecule has 1 unspecified atom stereocenters. The molecule has 0 rings (SSSR count). The molecule has 0 fully saturated rings. The summed E-state index contributed by atoms with van der Waals surface area (Å²) < 4.78 is 26.1. The maximum Gasteiger partial charge on any atom is 0.304 e. The van der Waals surface area contributed by atoms with Crippen LogP contribution in [0.15, 0.2) is 0 Å². The van der Waals surface area contributed by atoms with Gasteiger partial charge < -0.3 is 5.11 Å². The summed E-state index contributed by atoms with van der Waals surface area (Å²) in [7, 11) is -4.43. The Balaban J connectivity index is 4.56. The van der Waals surface area contributed by atoms with Crippen LogP contribution >= 0.6 is 12.6 Å². The lowest BCUT2D eigenvalue weighted by Gasteiger charge is -2.14. The molecule has 56 valence electrons. The van der Waals surface area contributed by atoms with E-state index in [0.717, 1.165) is 0 Å². The van der Waals surface area contributed by atoms with E-state index in [1.807, 2.05) is 0 Å². The number of hydrogen-bond acceptors (Lipinski definition) is 4. The fourth-order valence-electron chi connectivity index (χ4n) is 0.182. The molecule has 0 aromatic rings. The molecule has 0 aromatic carbocycles. The first-order valence-corrected chi connectivity index (χ1v) is 4.12. The lowest BCUT2D eigenvalue weighted by atomic mass is 10.5. The number of thiol groups is 1. The lowest BCUT2D eigenvalue weighted by molar-refractivity contribution is 0.200. The second kappa shape index (κ2) is 2.45. The zero-order valence-corrected chi connectivity index (χ0v) is 6.48. The van der Waals surface area contributed by atoms with E-state index < -0.39 is 14.4 Å². The predicted octanol–water partition coefficient (Wildman–Crippen LogP) is -0.140. The van der Waals surface area contributed by atoms with Crippen LogP contribution in [0.1, 0.15) is 13.3 Å². The number of aliphatic hydroxyl groups is 1. The van der Waals surface area contributed by atoms with Gasteiger partial charge in [-0.1, -0.05) is 6.92 Å². The lowest BCUT2D eigenvalue weighted by Crippen LogP contribution is -2.30. The summed E-state index contributed by atoms with van der Waals surface area (Å²) in [4.78, 5) is 0. The summed E-state index contributed by atoms with van der Waals surface area (Å²) in [6.45, 7) is 1.39. The minimum absolute atomic E-state index is 0.158. The fraction of sp³-hybridized carbons (Fsp3) is 1.00. The van der Waals surface area contributed by atoms with Gasteiger partial charge in [0.05, 0.1) is 0 Å². The number of rotatable bonds is 2. The van der Waals surface area contributed by atoms with E-state index in [4.69, 9.17) is 9.66 Å². The van der Waals surface area contributed by atoms with Crippen LogP contribution in [0.2, 0.25) is 0 Å². The maximum atomic E-state index is 10.1. The molecule has 0 aliphatic rings. The van der Waals surface area contributed by atoms with Crippen molar-refractivity contribution in [2.24, 2.45) is 0 Å². The second-order valence-electron chi connectivity index (χ2n) is 1.57. The molecule has 1 atom stereocenters. The topological polar surface area (TPSA) is 74.6 Å². The van der Waals surface area contributed by atoms with Crippen LogP contribution in [-0.4, -0.2) is 22.3 Å². The van der Waals surface area contributed by atoms with E-state index in [1.165, 1.54) is 6.92 Å². The highest BCUT2D eigenvalue weighted by molar-refractivity contribution is 8.02. The third kappa shape index (κ3) is 2.13. The predicted molar refractivity (Wildman–Crippen MR) is 35.8 cm³/mol. The summed E-state index contributed by atoms with van der Waals surface area (Å²) in [5, 5.41) is 8.69. The van der Waals surface area contributed by atoms with Gasteiger partial charge in [-0.2, -0.15) is 8.42 Å². The standard InChI is InChI=1S/C3H8O4S2/c1-2-3(4,8)9(5,6)7/h4,8H,2H2,1H3,(H,5,6,7). The minimum Gasteiger partial charge on any atom is -0.365 e. The van der Waals surface area contributed by atoms with Crippen molar-refractivity contribution in [3.05, 3.63) is 0 Å². The van der Waals surface area contributed by atoms with Crippen LogP contribution in [-0.2, 0) is 10.1 Å². The van der Waals surface area contributed by atoms with Crippen LogP contribution < -0.4 is 0 Å². The van der Waals surface area contributed by atoms with Crippen LogP contribution in [0.25, 0.3) is 0 Å². The molecule has 0 spiro atoms. The number of hydrogen-bond donors (Lipinski definition) is 3. The summed E-state index contributed by atoms with van der Waals surface area (Å²) in [6.07, 6.45) is -0.158. The largest absolute Gasteiger partial charge is 0.365 e. The highest BCUT2D eigenvalue weighted by Crippen LogP contribution is 2.20. The molecule has 0 radical (unpaired) electrons. The van der Waals surface area contributed by atoms with E-state index >= 15 is 0 Å². The van der Waals surface area contributed by atoms with Crippen LogP contribution in [0.4, 0.5) is 0 Å². The van der Waals surface area contributed by atoms with Gasteiger partial charge >= 0.3 is 10.1 Å². The first kappa shape index (κ1) is 9.22. The van der Waals surface area contributed by atoms with Crippen molar-refractivity contribution < 1.29 is 18.1 Å². The highest BCUT2D eigenvalue weighted by Gasteiger charge is 2.34. The highest BCUT2D eigenvalue weighted by atomic mass is 32.3. The normalized spacial score (nSPS) is 19.1. The van der Waals surface area contributed by atoms with Crippen molar-refractivity contribution in [3.63, 3.8) is 0 Å². The quantitative estimate of drug-likeness (QED) is 0.308. The molecule has 0 aliphatic heterocycles. The van der Waals surface area contributed by atoms with E-state index in [1.54, 1.807) is 0 Å². The summed E-state index contributed by atoms with van der Waals surface area (Å²) >= 11 is 3.28. The van der Waals surface area contributed by atoms with Gasteiger partial charge in [0.2, 0.25) is 4.27 Å². The smallest absolute Gasteiger partial charge is 0.304 e. The maximum absolute atomic E-state index is 10.1.